The Bertz CT molecular complexity index is 895. The van der Waals surface area contributed by atoms with Crippen LogP contribution in [0.4, 0.5) is 5.82 Å². The van der Waals surface area contributed by atoms with E-state index >= 15 is 0 Å². The number of para-hydroxylation sites is 1. The van der Waals surface area contributed by atoms with Gasteiger partial charge in [0.1, 0.15) is 11.9 Å². The number of fused-ring (bicyclic) bond motifs is 1. The smallest absolute Gasteiger partial charge is 0.242 e. The predicted octanol–water partition coefficient (Wildman–Crippen LogP) is 3.38. The summed E-state index contributed by atoms with van der Waals surface area (Å²) in [5.74, 6) is 1.42. The molecule has 1 amide bonds. The molecule has 1 saturated heterocycles. The lowest BCUT2D eigenvalue weighted by atomic mass is 10.1. The molecule has 0 radical (unpaired) electrons. The number of nitrogens with zero attached hydrogens (tertiary/aromatic N) is 2. The van der Waals surface area contributed by atoms with E-state index < -0.39 is 0 Å². The van der Waals surface area contributed by atoms with E-state index in [1.807, 2.05) is 54.6 Å². The molecule has 5 heteroatoms. The van der Waals surface area contributed by atoms with Gasteiger partial charge in [0.05, 0.1) is 5.52 Å². The van der Waals surface area contributed by atoms with Gasteiger partial charge in [0, 0.05) is 17.5 Å². The fourth-order valence-corrected chi connectivity index (χ4v) is 3.15. The normalized spacial score (nSPS) is 17.8. The Labute approximate surface area is 146 Å². The Morgan fingerprint density at radius 2 is 1.76 bits per heavy atom. The third-order valence-corrected chi connectivity index (χ3v) is 4.48. The third-order valence-electron chi connectivity index (χ3n) is 4.48. The first-order valence-corrected chi connectivity index (χ1v) is 8.68. The summed E-state index contributed by atoms with van der Waals surface area (Å²) in [7, 11) is 0. The van der Waals surface area contributed by atoms with Crippen LogP contribution in [0.3, 0.4) is 0 Å². The zero-order chi connectivity index (χ0) is 17.1. The van der Waals surface area contributed by atoms with Crippen LogP contribution in [0.25, 0.3) is 22.3 Å². The van der Waals surface area contributed by atoms with Crippen LogP contribution in [0.2, 0.25) is 0 Å². The van der Waals surface area contributed by atoms with Gasteiger partial charge in [-0.15, -0.1) is 0 Å². The van der Waals surface area contributed by atoms with Crippen molar-refractivity contribution >= 4 is 22.6 Å². The molecule has 0 saturated carbocycles. The molecule has 5 nitrogen and oxygen atoms in total. The monoisotopic (exact) mass is 332 g/mol. The van der Waals surface area contributed by atoms with E-state index in [1.165, 1.54) is 0 Å². The van der Waals surface area contributed by atoms with Crippen molar-refractivity contribution in [1.29, 1.82) is 0 Å². The lowest BCUT2D eigenvalue weighted by Gasteiger charge is -2.18. The second kappa shape index (κ2) is 6.89. The SMILES string of the molecule is O=C1NCCCCC1Nc1nc(-c2ccccc2)nc2ccccc12. The number of rotatable bonds is 3. The molecule has 0 bridgehead atoms. The number of nitrogens with one attached hydrogen (secondary N) is 2. The molecular weight excluding hydrogens is 312 g/mol. The first-order valence-electron chi connectivity index (χ1n) is 8.68. The molecule has 0 spiro atoms. The quantitative estimate of drug-likeness (QED) is 0.772. The van der Waals surface area contributed by atoms with Gasteiger partial charge in [0.2, 0.25) is 5.91 Å². The number of carbonyl (C=O) groups is 1. The van der Waals surface area contributed by atoms with E-state index in [2.05, 4.69) is 15.6 Å². The Hall–Kier alpha value is -2.95. The number of aromatic nitrogens is 2. The van der Waals surface area contributed by atoms with E-state index in [0.717, 1.165) is 42.3 Å². The highest BCUT2D eigenvalue weighted by atomic mass is 16.2. The second-order valence-corrected chi connectivity index (χ2v) is 6.26. The first-order chi connectivity index (χ1) is 12.3. The lowest BCUT2D eigenvalue weighted by molar-refractivity contribution is -0.121. The standard InChI is InChI=1S/C20H20N4O/c25-20-17(12-6-7-13-21-20)23-19-15-10-4-5-11-16(15)22-18(24-19)14-8-2-1-3-9-14/h1-5,8-11,17H,6-7,12-13H2,(H,21,25)(H,22,23,24). The van der Waals surface area contributed by atoms with E-state index in [9.17, 15) is 4.79 Å². The van der Waals surface area contributed by atoms with Crippen molar-refractivity contribution in [1.82, 2.24) is 15.3 Å². The van der Waals surface area contributed by atoms with Gasteiger partial charge >= 0.3 is 0 Å². The summed E-state index contributed by atoms with van der Waals surface area (Å²) < 4.78 is 0. The minimum atomic E-state index is -0.260. The summed E-state index contributed by atoms with van der Waals surface area (Å²) in [6.45, 7) is 0.747. The zero-order valence-electron chi connectivity index (χ0n) is 13.9. The molecular formula is C20H20N4O. The van der Waals surface area contributed by atoms with E-state index in [0.29, 0.717) is 11.6 Å². The molecule has 0 aliphatic carbocycles. The average molecular weight is 332 g/mol. The first kappa shape index (κ1) is 15.6. The molecule has 2 N–H and O–H groups in total. The molecule has 126 valence electrons. The number of anilines is 1. The van der Waals surface area contributed by atoms with Crippen LogP contribution in [0.1, 0.15) is 19.3 Å². The molecule has 1 fully saturated rings. The topological polar surface area (TPSA) is 66.9 Å². The minimum absolute atomic E-state index is 0.0430. The van der Waals surface area contributed by atoms with Crippen LogP contribution in [-0.4, -0.2) is 28.5 Å². The van der Waals surface area contributed by atoms with Crippen LogP contribution in [0.15, 0.2) is 54.6 Å². The molecule has 1 unspecified atom stereocenters. The molecule has 1 aromatic heterocycles. The van der Waals surface area contributed by atoms with Crippen LogP contribution in [0.5, 0.6) is 0 Å². The Kier molecular flexibility index (Phi) is 4.29. The molecule has 4 rings (SSSR count). The third kappa shape index (κ3) is 3.31. The van der Waals surface area contributed by atoms with Crippen LogP contribution >= 0.6 is 0 Å². The van der Waals surface area contributed by atoms with Gasteiger partial charge in [-0.1, -0.05) is 42.5 Å². The molecule has 2 aromatic carbocycles. The van der Waals surface area contributed by atoms with Crippen molar-refractivity contribution in [2.75, 3.05) is 11.9 Å². The van der Waals surface area contributed by atoms with Gasteiger partial charge in [-0.05, 0) is 31.4 Å². The van der Waals surface area contributed by atoms with Gasteiger partial charge in [0.15, 0.2) is 5.82 Å². The van der Waals surface area contributed by atoms with Crippen molar-refractivity contribution in [2.24, 2.45) is 0 Å². The van der Waals surface area contributed by atoms with Gasteiger partial charge < -0.3 is 10.6 Å². The zero-order valence-corrected chi connectivity index (χ0v) is 13.9. The summed E-state index contributed by atoms with van der Waals surface area (Å²) in [6, 6.07) is 17.5. The summed E-state index contributed by atoms with van der Waals surface area (Å²) >= 11 is 0. The lowest BCUT2D eigenvalue weighted by Crippen LogP contribution is -2.38. The van der Waals surface area contributed by atoms with E-state index in [-0.39, 0.29) is 11.9 Å². The fourth-order valence-electron chi connectivity index (χ4n) is 3.15. The summed E-state index contributed by atoms with van der Waals surface area (Å²) in [5.41, 5.74) is 1.83. The van der Waals surface area contributed by atoms with Crippen molar-refractivity contribution in [3.63, 3.8) is 0 Å². The molecule has 1 atom stereocenters. The van der Waals surface area contributed by atoms with Crippen LogP contribution in [0, 0.1) is 0 Å². The largest absolute Gasteiger partial charge is 0.358 e. The van der Waals surface area contributed by atoms with Crippen molar-refractivity contribution in [3.05, 3.63) is 54.6 Å². The van der Waals surface area contributed by atoms with Gasteiger partial charge in [-0.3, -0.25) is 4.79 Å². The maximum Gasteiger partial charge on any atom is 0.242 e. The number of hydrogen-bond donors (Lipinski definition) is 2. The number of carbonyl (C=O) groups excluding carboxylic acids is 1. The highest BCUT2D eigenvalue weighted by molar-refractivity contribution is 5.93. The summed E-state index contributed by atoms with van der Waals surface area (Å²) in [4.78, 5) is 21.7. The van der Waals surface area contributed by atoms with Crippen molar-refractivity contribution in [3.8, 4) is 11.4 Å². The number of hydrogen-bond acceptors (Lipinski definition) is 4. The van der Waals surface area contributed by atoms with E-state index in [4.69, 9.17) is 4.98 Å². The summed E-state index contributed by atoms with van der Waals surface area (Å²) in [6.07, 6.45) is 2.85. The Balaban J connectivity index is 1.77. The highest BCUT2D eigenvalue weighted by Crippen LogP contribution is 2.26. The molecule has 2 heterocycles. The average Bonchev–Trinajstić information content (AvgIpc) is 2.87. The molecule has 1 aliphatic rings. The van der Waals surface area contributed by atoms with Crippen molar-refractivity contribution < 1.29 is 4.79 Å². The number of amides is 1. The van der Waals surface area contributed by atoms with E-state index in [1.54, 1.807) is 0 Å². The Morgan fingerprint density at radius 3 is 2.64 bits per heavy atom. The maximum atomic E-state index is 12.3. The summed E-state index contributed by atoms with van der Waals surface area (Å²) in [5, 5.41) is 7.25. The van der Waals surface area contributed by atoms with Crippen LogP contribution in [-0.2, 0) is 4.79 Å². The predicted molar refractivity (Wildman–Crippen MR) is 99.2 cm³/mol. The van der Waals surface area contributed by atoms with Gasteiger partial charge in [-0.2, -0.15) is 0 Å². The Morgan fingerprint density at radius 1 is 0.960 bits per heavy atom. The van der Waals surface area contributed by atoms with Crippen LogP contribution < -0.4 is 10.6 Å². The van der Waals surface area contributed by atoms with Crippen molar-refractivity contribution in [2.45, 2.75) is 25.3 Å². The second-order valence-electron chi connectivity index (χ2n) is 6.26. The number of benzene rings is 2. The molecule has 3 aromatic rings. The maximum absolute atomic E-state index is 12.3. The fraction of sp³-hybridized carbons (Fsp3) is 0.250. The minimum Gasteiger partial charge on any atom is -0.358 e. The highest BCUT2D eigenvalue weighted by Gasteiger charge is 2.22. The van der Waals surface area contributed by atoms with Gasteiger partial charge in [-0.25, -0.2) is 9.97 Å². The molecule has 1 aliphatic heterocycles. The van der Waals surface area contributed by atoms with Gasteiger partial charge in [0.25, 0.3) is 0 Å². The molecule has 25 heavy (non-hydrogen) atoms.